The molecule has 0 radical (unpaired) electrons. The van der Waals surface area contributed by atoms with E-state index in [2.05, 4.69) is 43.4 Å². The van der Waals surface area contributed by atoms with Crippen molar-refractivity contribution in [3.05, 3.63) is 36.5 Å². The third-order valence-corrected chi connectivity index (χ3v) is 8.01. The number of fused-ring (bicyclic) bond motifs is 4. The molecule has 142 valence electrons. The van der Waals surface area contributed by atoms with Gasteiger partial charge in [-0.15, -0.1) is 0 Å². The number of hydrogen-bond donors (Lipinski definition) is 0. The zero-order valence-corrected chi connectivity index (χ0v) is 16.2. The molecular weight excluding hydrogens is 320 g/mol. The van der Waals surface area contributed by atoms with Crippen LogP contribution in [0.25, 0.3) is 0 Å². The Labute approximate surface area is 158 Å². The summed E-state index contributed by atoms with van der Waals surface area (Å²) in [6.45, 7) is 3.99. The Morgan fingerprint density at radius 3 is 1.85 bits per heavy atom. The van der Waals surface area contributed by atoms with Crippen molar-refractivity contribution in [3.63, 3.8) is 0 Å². The van der Waals surface area contributed by atoms with Crippen LogP contribution in [0, 0.1) is 41.4 Å². The van der Waals surface area contributed by atoms with Crippen LogP contribution in [0.4, 0.5) is 0 Å². The fraction of sp³-hybridized carbons (Fsp3) is 0.750. The van der Waals surface area contributed by atoms with E-state index in [9.17, 15) is 0 Å². The molecule has 2 nitrogen and oxygen atoms in total. The second-order valence-electron chi connectivity index (χ2n) is 9.70. The van der Waals surface area contributed by atoms with E-state index in [0.717, 1.165) is 43.3 Å². The van der Waals surface area contributed by atoms with Gasteiger partial charge in [0.25, 0.3) is 0 Å². The minimum atomic E-state index is -0.415. The van der Waals surface area contributed by atoms with Crippen molar-refractivity contribution in [3.8, 4) is 0 Å². The van der Waals surface area contributed by atoms with E-state index in [0.29, 0.717) is 17.8 Å². The Hall–Kier alpha value is -0.860. The Balaban J connectivity index is 1.23. The van der Waals surface area contributed by atoms with Crippen LogP contribution in [0.1, 0.15) is 51.9 Å². The molecule has 4 bridgehead atoms. The van der Waals surface area contributed by atoms with E-state index in [-0.39, 0.29) is 0 Å². The second kappa shape index (κ2) is 6.95. The van der Waals surface area contributed by atoms with Gasteiger partial charge in [-0.3, -0.25) is 0 Å². The molecule has 7 atom stereocenters. The summed E-state index contributed by atoms with van der Waals surface area (Å²) in [5.74, 6) is 4.64. The van der Waals surface area contributed by atoms with Crippen LogP contribution in [0.3, 0.4) is 0 Å². The number of rotatable bonds is 7. The molecule has 26 heavy (non-hydrogen) atoms. The molecule has 0 aliphatic heterocycles. The summed E-state index contributed by atoms with van der Waals surface area (Å²) < 4.78 is 13.3. The van der Waals surface area contributed by atoms with Gasteiger partial charge in [-0.05, 0) is 87.4 Å². The Bertz CT molecular complexity index is 565. The lowest BCUT2D eigenvalue weighted by molar-refractivity contribution is -0.268. The summed E-state index contributed by atoms with van der Waals surface area (Å²) in [5, 5.41) is 0. The largest absolute Gasteiger partial charge is 0.350 e. The molecule has 0 aromatic carbocycles. The Morgan fingerprint density at radius 2 is 1.42 bits per heavy atom. The summed E-state index contributed by atoms with van der Waals surface area (Å²) in [4.78, 5) is 0. The number of allylic oxidation sites excluding steroid dienone is 6. The molecule has 5 aliphatic rings. The Morgan fingerprint density at radius 1 is 0.808 bits per heavy atom. The summed E-state index contributed by atoms with van der Waals surface area (Å²) in [6.07, 6.45) is 23.2. The van der Waals surface area contributed by atoms with Crippen LogP contribution in [0.15, 0.2) is 36.5 Å². The highest BCUT2D eigenvalue weighted by atomic mass is 16.7. The van der Waals surface area contributed by atoms with Crippen LogP contribution in [-0.2, 0) is 9.47 Å². The fourth-order valence-corrected chi connectivity index (χ4v) is 6.26. The topological polar surface area (TPSA) is 18.5 Å². The van der Waals surface area contributed by atoms with Gasteiger partial charge >= 0.3 is 0 Å². The molecule has 5 aliphatic carbocycles. The standard InChI is InChI=1S/C24H34O2/c1-24(23-5-3-2-4-6-23,25-15-21-13-17-7-9-19(21)11-17)26-16-22-14-18-8-10-20(22)12-18/h2-3,7-10,17-23H,4-6,11-16H2,1H3. The van der Waals surface area contributed by atoms with Crippen LogP contribution < -0.4 is 0 Å². The van der Waals surface area contributed by atoms with E-state index in [1.54, 1.807) is 0 Å². The molecule has 5 rings (SSSR count). The summed E-state index contributed by atoms with van der Waals surface area (Å²) in [6, 6.07) is 0. The molecule has 2 saturated carbocycles. The maximum atomic E-state index is 6.64. The highest BCUT2D eigenvalue weighted by Gasteiger charge is 2.42. The zero-order chi connectivity index (χ0) is 17.6. The second-order valence-corrected chi connectivity index (χ2v) is 9.70. The first-order valence-corrected chi connectivity index (χ1v) is 11.0. The smallest absolute Gasteiger partial charge is 0.168 e. The number of hydrogen-bond acceptors (Lipinski definition) is 2. The third kappa shape index (κ3) is 3.24. The maximum absolute atomic E-state index is 6.64. The first kappa shape index (κ1) is 17.3. The van der Waals surface area contributed by atoms with Crippen LogP contribution >= 0.6 is 0 Å². The molecule has 7 unspecified atom stereocenters. The summed E-state index contributed by atoms with van der Waals surface area (Å²) in [7, 11) is 0. The molecule has 0 spiro atoms. The van der Waals surface area contributed by atoms with Crippen molar-refractivity contribution in [2.24, 2.45) is 41.4 Å². The molecule has 2 fully saturated rings. The molecule has 2 heteroatoms. The van der Waals surface area contributed by atoms with Crippen LogP contribution in [0.5, 0.6) is 0 Å². The molecular formula is C24H34O2. The molecule has 0 saturated heterocycles. The molecule has 0 amide bonds. The average molecular weight is 355 g/mol. The van der Waals surface area contributed by atoms with Crippen molar-refractivity contribution in [2.45, 2.75) is 57.7 Å². The molecule has 0 heterocycles. The zero-order valence-electron chi connectivity index (χ0n) is 16.2. The monoisotopic (exact) mass is 354 g/mol. The quantitative estimate of drug-likeness (QED) is 0.443. The van der Waals surface area contributed by atoms with Crippen molar-refractivity contribution >= 4 is 0 Å². The van der Waals surface area contributed by atoms with Crippen molar-refractivity contribution in [1.29, 1.82) is 0 Å². The van der Waals surface area contributed by atoms with E-state index >= 15 is 0 Å². The van der Waals surface area contributed by atoms with Gasteiger partial charge in [0.2, 0.25) is 0 Å². The highest BCUT2D eigenvalue weighted by molar-refractivity contribution is 5.11. The third-order valence-electron chi connectivity index (χ3n) is 8.01. The van der Waals surface area contributed by atoms with Crippen LogP contribution in [0.2, 0.25) is 0 Å². The van der Waals surface area contributed by atoms with E-state index in [1.165, 1.54) is 38.5 Å². The summed E-state index contributed by atoms with van der Waals surface area (Å²) in [5.41, 5.74) is 0. The first-order valence-electron chi connectivity index (χ1n) is 11.0. The van der Waals surface area contributed by atoms with E-state index in [4.69, 9.17) is 9.47 Å². The lowest BCUT2D eigenvalue weighted by Gasteiger charge is -2.40. The lowest BCUT2D eigenvalue weighted by Crippen LogP contribution is -2.44. The van der Waals surface area contributed by atoms with Crippen LogP contribution in [-0.4, -0.2) is 19.0 Å². The molecule has 0 aromatic heterocycles. The van der Waals surface area contributed by atoms with E-state index < -0.39 is 5.79 Å². The minimum absolute atomic E-state index is 0.415. The number of ether oxygens (including phenoxy) is 2. The minimum Gasteiger partial charge on any atom is -0.350 e. The highest BCUT2D eigenvalue weighted by Crippen LogP contribution is 2.46. The van der Waals surface area contributed by atoms with Gasteiger partial charge in [-0.1, -0.05) is 36.5 Å². The SMILES string of the molecule is CC(OCC1CC2C=CC1C2)(OCC1CC2C=CC1C2)C1CC=CCC1. The predicted molar refractivity (Wildman–Crippen MR) is 104 cm³/mol. The normalized spacial score (nSPS) is 44.9. The Kier molecular flexibility index (Phi) is 4.61. The van der Waals surface area contributed by atoms with Gasteiger partial charge in [-0.25, -0.2) is 0 Å². The predicted octanol–water partition coefficient (Wildman–Crippen LogP) is 5.52. The van der Waals surface area contributed by atoms with Crippen molar-refractivity contribution in [1.82, 2.24) is 0 Å². The van der Waals surface area contributed by atoms with Gasteiger partial charge in [0.15, 0.2) is 5.79 Å². The van der Waals surface area contributed by atoms with Gasteiger partial charge in [0.1, 0.15) is 0 Å². The fourth-order valence-electron chi connectivity index (χ4n) is 6.26. The molecule has 0 N–H and O–H groups in total. The van der Waals surface area contributed by atoms with Crippen molar-refractivity contribution < 1.29 is 9.47 Å². The maximum Gasteiger partial charge on any atom is 0.168 e. The van der Waals surface area contributed by atoms with Gasteiger partial charge in [-0.2, -0.15) is 0 Å². The van der Waals surface area contributed by atoms with Crippen molar-refractivity contribution in [2.75, 3.05) is 13.2 Å². The first-order chi connectivity index (χ1) is 12.7. The van der Waals surface area contributed by atoms with E-state index in [1.807, 2.05) is 0 Å². The average Bonchev–Trinajstić information content (AvgIpc) is 3.47. The molecule has 0 aromatic rings. The van der Waals surface area contributed by atoms with Gasteiger partial charge in [0.05, 0.1) is 13.2 Å². The van der Waals surface area contributed by atoms with Gasteiger partial charge < -0.3 is 9.47 Å². The lowest BCUT2D eigenvalue weighted by atomic mass is 9.86. The summed E-state index contributed by atoms with van der Waals surface area (Å²) >= 11 is 0. The van der Waals surface area contributed by atoms with Gasteiger partial charge in [0, 0.05) is 5.92 Å².